The summed E-state index contributed by atoms with van der Waals surface area (Å²) in [6.07, 6.45) is 49.2. The van der Waals surface area contributed by atoms with Gasteiger partial charge in [-0.25, -0.2) is 9.13 Å². The number of aliphatic hydroxyl groups excluding tert-OH is 1. The largest absolute Gasteiger partial charge is 0.472 e. The number of ether oxygens (including phenoxy) is 4. The van der Waals surface area contributed by atoms with Crippen LogP contribution in [0.1, 0.15) is 370 Å². The summed E-state index contributed by atoms with van der Waals surface area (Å²) < 4.78 is 68.3. The lowest BCUT2D eigenvalue weighted by Crippen LogP contribution is -2.30. The molecule has 5 atom stereocenters. The molecule has 0 amide bonds. The van der Waals surface area contributed by atoms with Gasteiger partial charge >= 0.3 is 39.5 Å². The summed E-state index contributed by atoms with van der Waals surface area (Å²) in [5.74, 6) is -0.0236. The number of phosphoric acid groups is 2. The molecule has 0 rings (SSSR count). The normalized spacial score (nSPS) is 14.1. The molecule has 92 heavy (non-hydrogen) atoms. The van der Waals surface area contributed by atoms with Crippen molar-refractivity contribution < 1.29 is 80.2 Å². The van der Waals surface area contributed by atoms with E-state index in [0.29, 0.717) is 37.5 Å². The molecule has 0 spiro atoms. The van der Waals surface area contributed by atoms with Crippen molar-refractivity contribution in [1.82, 2.24) is 0 Å². The summed E-state index contributed by atoms with van der Waals surface area (Å²) in [6.45, 7) is 11.7. The molecule has 0 saturated heterocycles. The maximum absolute atomic E-state index is 13.1. The van der Waals surface area contributed by atoms with E-state index in [1.54, 1.807) is 0 Å². The van der Waals surface area contributed by atoms with Crippen molar-refractivity contribution in [2.75, 3.05) is 39.6 Å². The number of aliphatic hydroxyl groups is 1. The van der Waals surface area contributed by atoms with Crippen LogP contribution in [0.4, 0.5) is 0 Å². The quantitative estimate of drug-likeness (QED) is 0.0222. The van der Waals surface area contributed by atoms with Gasteiger partial charge in [-0.1, -0.05) is 318 Å². The molecule has 0 aliphatic carbocycles. The molecule has 0 bridgehead atoms. The van der Waals surface area contributed by atoms with E-state index in [4.69, 9.17) is 37.0 Å². The van der Waals surface area contributed by atoms with Gasteiger partial charge in [-0.05, 0) is 43.4 Å². The number of hydrogen-bond acceptors (Lipinski definition) is 15. The topological polar surface area (TPSA) is 237 Å². The Hall–Kier alpha value is -1.94. The van der Waals surface area contributed by atoms with Crippen molar-refractivity contribution in [3.63, 3.8) is 0 Å². The zero-order chi connectivity index (χ0) is 68.0. The van der Waals surface area contributed by atoms with E-state index < -0.39 is 97.5 Å². The zero-order valence-electron chi connectivity index (χ0n) is 60.0. The van der Waals surface area contributed by atoms with Crippen LogP contribution in [-0.2, 0) is 65.4 Å². The number of carbonyl (C=O) groups excluding carboxylic acids is 4. The van der Waals surface area contributed by atoms with E-state index in [9.17, 15) is 43.2 Å². The highest BCUT2D eigenvalue weighted by atomic mass is 31.2. The maximum Gasteiger partial charge on any atom is 0.472 e. The Morgan fingerprint density at radius 1 is 0.293 bits per heavy atom. The van der Waals surface area contributed by atoms with Gasteiger partial charge in [0.05, 0.1) is 26.4 Å². The maximum atomic E-state index is 13.1. The average Bonchev–Trinajstić information content (AvgIpc) is 3.07. The van der Waals surface area contributed by atoms with Crippen LogP contribution in [-0.4, -0.2) is 96.7 Å². The molecule has 0 saturated carbocycles. The van der Waals surface area contributed by atoms with Gasteiger partial charge < -0.3 is 33.8 Å². The number of carbonyl (C=O) groups is 4. The van der Waals surface area contributed by atoms with Crippen molar-refractivity contribution in [2.24, 2.45) is 17.8 Å². The second kappa shape index (κ2) is 63.8. The number of esters is 4. The first kappa shape index (κ1) is 90.1. The molecule has 19 heteroatoms. The van der Waals surface area contributed by atoms with Gasteiger partial charge in [-0.3, -0.25) is 37.3 Å². The Bertz CT molecular complexity index is 1800. The summed E-state index contributed by atoms with van der Waals surface area (Å²) in [6, 6.07) is 0. The summed E-state index contributed by atoms with van der Waals surface area (Å²) in [5.41, 5.74) is 0. The fourth-order valence-electron chi connectivity index (χ4n) is 11.1. The molecule has 0 heterocycles. The van der Waals surface area contributed by atoms with E-state index in [1.165, 1.54) is 173 Å². The Balaban J connectivity index is 5.17. The van der Waals surface area contributed by atoms with Crippen LogP contribution in [0.15, 0.2) is 0 Å². The van der Waals surface area contributed by atoms with Crippen LogP contribution >= 0.6 is 15.6 Å². The minimum Gasteiger partial charge on any atom is -0.462 e. The van der Waals surface area contributed by atoms with Crippen molar-refractivity contribution in [3.8, 4) is 0 Å². The molecule has 3 N–H and O–H groups in total. The second-order valence-electron chi connectivity index (χ2n) is 27.8. The van der Waals surface area contributed by atoms with E-state index in [1.807, 2.05) is 0 Å². The highest BCUT2D eigenvalue weighted by Crippen LogP contribution is 2.45. The fourth-order valence-corrected chi connectivity index (χ4v) is 12.7. The molecule has 0 fully saturated rings. The lowest BCUT2D eigenvalue weighted by Gasteiger charge is -2.21. The smallest absolute Gasteiger partial charge is 0.462 e. The third kappa shape index (κ3) is 66.7. The van der Waals surface area contributed by atoms with Crippen LogP contribution in [0.25, 0.3) is 0 Å². The number of rotatable bonds is 71. The third-order valence-corrected chi connectivity index (χ3v) is 18.8. The van der Waals surface area contributed by atoms with Gasteiger partial charge in [0, 0.05) is 25.7 Å². The lowest BCUT2D eigenvalue weighted by atomic mass is 10.0. The molecule has 0 aromatic rings. The highest BCUT2D eigenvalue weighted by molar-refractivity contribution is 7.47. The van der Waals surface area contributed by atoms with Crippen LogP contribution in [0.2, 0.25) is 0 Å². The van der Waals surface area contributed by atoms with E-state index in [0.717, 1.165) is 102 Å². The average molecular weight is 1350 g/mol. The summed E-state index contributed by atoms with van der Waals surface area (Å²) >= 11 is 0. The van der Waals surface area contributed by atoms with E-state index in [2.05, 4.69) is 48.5 Å². The Morgan fingerprint density at radius 3 is 0.739 bits per heavy atom. The summed E-state index contributed by atoms with van der Waals surface area (Å²) in [4.78, 5) is 72.5. The molecule has 0 aliphatic heterocycles. The molecule has 17 nitrogen and oxygen atoms in total. The number of unbranched alkanes of at least 4 members (excludes halogenated alkanes) is 39. The second-order valence-corrected chi connectivity index (χ2v) is 30.7. The van der Waals surface area contributed by atoms with Gasteiger partial charge in [0.15, 0.2) is 12.2 Å². The van der Waals surface area contributed by atoms with Crippen LogP contribution in [0.5, 0.6) is 0 Å². The predicted octanol–water partition coefficient (Wildman–Crippen LogP) is 21.0. The fraction of sp³-hybridized carbons (Fsp3) is 0.945. The van der Waals surface area contributed by atoms with Crippen LogP contribution in [0, 0.1) is 17.8 Å². The van der Waals surface area contributed by atoms with Gasteiger partial charge in [-0.15, -0.1) is 0 Å². The zero-order valence-corrected chi connectivity index (χ0v) is 61.8. The number of phosphoric ester groups is 2. The van der Waals surface area contributed by atoms with E-state index >= 15 is 0 Å². The van der Waals surface area contributed by atoms with Crippen molar-refractivity contribution in [1.29, 1.82) is 0 Å². The predicted molar refractivity (Wildman–Crippen MR) is 372 cm³/mol. The van der Waals surface area contributed by atoms with Gasteiger partial charge in [0.1, 0.15) is 19.3 Å². The monoisotopic (exact) mass is 1350 g/mol. The number of hydrogen-bond donors (Lipinski definition) is 3. The molecular formula is C73H142O17P2. The first-order valence-corrected chi connectivity index (χ1v) is 40.8. The van der Waals surface area contributed by atoms with Crippen LogP contribution in [0.3, 0.4) is 0 Å². The first-order chi connectivity index (χ1) is 44.2. The van der Waals surface area contributed by atoms with Gasteiger partial charge in [0.2, 0.25) is 0 Å². The molecule has 0 aliphatic rings. The Morgan fingerprint density at radius 2 is 0.500 bits per heavy atom. The lowest BCUT2D eigenvalue weighted by molar-refractivity contribution is -0.161. The van der Waals surface area contributed by atoms with E-state index in [-0.39, 0.29) is 25.7 Å². The van der Waals surface area contributed by atoms with Gasteiger partial charge in [0.25, 0.3) is 0 Å². The van der Waals surface area contributed by atoms with Crippen molar-refractivity contribution in [3.05, 3.63) is 0 Å². The van der Waals surface area contributed by atoms with Crippen LogP contribution < -0.4 is 0 Å². The summed E-state index contributed by atoms with van der Waals surface area (Å²) in [7, 11) is -9.90. The standard InChI is InChI=1S/C73H142O17P2/c1-8-9-10-11-12-13-14-15-16-17-18-19-20-21-22-23-24-29-32-42-49-56-72(77)89-68(60-83-70(75)54-47-40-31-28-26-25-27-30-37-44-51-64(2)3)62-87-91(79,80)85-58-67(74)59-86-92(81,82)88-63-69(90-73(78)57-50-43-36-34-39-46-53-66(6)7)61-84-71(76)55-48-41-35-33-38-45-52-65(4)5/h64-69,74H,8-63H2,1-7H3,(H,79,80)(H,81,82)/t67-,68-,69-/m1/s1. The molecule has 546 valence electrons. The van der Waals surface area contributed by atoms with Crippen molar-refractivity contribution >= 4 is 39.5 Å². The molecule has 0 radical (unpaired) electrons. The minimum atomic E-state index is -4.95. The molecule has 0 aromatic carbocycles. The third-order valence-electron chi connectivity index (χ3n) is 16.9. The first-order valence-electron chi connectivity index (χ1n) is 37.8. The SMILES string of the molecule is CCCCCCCCCCCCCCCCCCCCCCCC(=O)O[C@H](COC(=O)CCCCCCCCCCCCC(C)C)COP(=O)(O)OC[C@@H](O)COP(=O)(O)OC[C@@H](COC(=O)CCCCCCCCC(C)C)OC(=O)CCCCCCCCC(C)C. The van der Waals surface area contributed by atoms with Crippen molar-refractivity contribution in [2.45, 2.75) is 388 Å². The van der Waals surface area contributed by atoms with Gasteiger partial charge in [-0.2, -0.15) is 0 Å². The Kier molecular flexibility index (Phi) is 62.4. The summed E-state index contributed by atoms with van der Waals surface area (Å²) in [5, 5.41) is 10.6. The highest BCUT2D eigenvalue weighted by Gasteiger charge is 2.30. The minimum absolute atomic E-state index is 0.101. The Labute approximate surface area is 562 Å². The molecular weight excluding hydrogens is 1210 g/mol. The molecule has 0 aromatic heterocycles. The molecule has 2 unspecified atom stereocenters.